The molecule has 2 aliphatic heterocycles. The van der Waals surface area contributed by atoms with Crippen LogP contribution in [0.3, 0.4) is 0 Å². The first-order valence-corrected chi connectivity index (χ1v) is 15.8. The molecule has 1 saturated heterocycles. The molecule has 1 fully saturated rings. The summed E-state index contributed by atoms with van der Waals surface area (Å²) in [5.74, 6) is -0.566. The maximum absolute atomic E-state index is 13.9. The second kappa shape index (κ2) is 15.4. The Hall–Kier alpha value is -5.17. The van der Waals surface area contributed by atoms with Crippen LogP contribution in [0.4, 0.5) is 35.3 Å². The van der Waals surface area contributed by atoms with Gasteiger partial charge in [0.1, 0.15) is 0 Å². The van der Waals surface area contributed by atoms with Crippen molar-refractivity contribution in [2.24, 2.45) is 0 Å². The van der Waals surface area contributed by atoms with Crippen molar-refractivity contribution in [3.05, 3.63) is 65.1 Å². The molecule has 1 N–H and O–H groups in total. The number of nitrogens with zero attached hydrogens (tertiary/aromatic N) is 7. The smallest absolute Gasteiger partial charge is 0.416 e. The van der Waals surface area contributed by atoms with Crippen molar-refractivity contribution in [1.29, 1.82) is 5.26 Å². The molecule has 2 atom stereocenters. The van der Waals surface area contributed by atoms with Crippen LogP contribution in [0.25, 0.3) is 0 Å². The number of methoxy groups -OCH3 is 1. The summed E-state index contributed by atoms with van der Waals surface area (Å²) < 4.78 is 58.0. The molecule has 2 unspecified atom stereocenters. The molecule has 3 aromatic rings. The second-order valence-electron chi connectivity index (χ2n) is 11.5. The summed E-state index contributed by atoms with van der Waals surface area (Å²) >= 11 is 0. The zero-order chi connectivity index (χ0) is 35.1. The van der Waals surface area contributed by atoms with Crippen LogP contribution >= 0.6 is 0 Å². The van der Waals surface area contributed by atoms with E-state index in [1.165, 1.54) is 18.1 Å². The van der Waals surface area contributed by atoms with E-state index in [2.05, 4.69) is 14.9 Å². The van der Waals surface area contributed by atoms with Gasteiger partial charge in [-0.2, -0.15) is 18.4 Å². The minimum atomic E-state index is -4.69. The lowest BCUT2D eigenvalue weighted by Gasteiger charge is -2.43. The number of carbonyl (C=O) groups is 2. The van der Waals surface area contributed by atoms with Crippen LogP contribution < -0.4 is 19.4 Å². The lowest BCUT2D eigenvalue weighted by Crippen LogP contribution is -2.48. The molecule has 2 aliphatic rings. The largest absolute Gasteiger partial charge is 0.481 e. The lowest BCUT2D eigenvalue weighted by molar-refractivity contribution is -0.138. The van der Waals surface area contributed by atoms with E-state index in [1.807, 2.05) is 13.0 Å². The number of halogens is 3. The van der Waals surface area contributed by atoms with Gasteiger partial charge in [0, 0.05) is 38.2 Å². The number of benzene rings is 1. The predicted molar refractivity (Wildman–Crippen MR) is 170 cm³/mol. The number of amides is 1. The Morgan fingerprint density at radius 3 is 2.53 bits per heavy atom. The van der Waals surface area contributed by atoms with Gasteiger partial charge in [-0.25, -0.2) is 19.7 Å². The van der Waals surface area contributed by atoms with Crippen LogP contribution in [0, 0.1) is 11.3 Å². The molecule has 260 valence electrons. The quantitative estimate of drug-likeness (QED) is 0.259. The molecule has 1 aromatic carbocycles. The fourth-order valence-corrected chi connectivity index (χ4v) is 5.98. The summed E-state index contributed by atoms with van der Waals surface area (Å²) in [5.41, 5.74) is 0.608. The van der Waals surface area contributed by atoms with Gasteiger partial charge in [0.2, 0.25) is 11.8 Å². The zero-order valence-electron chi connectivity index (χ0n) is 27.0. The number of alkyl halides is 3. The number of fused-ring (bicyclic) bond motifs is 1. The molecule has 5 rings (SSSR count). The number of hydrogen-bond acceptors (Lipinski definition) is 11. The number of ether oxygens (including phenoxy) is 3. The Bertz CT molecular complexity index is 1680. The Balaban J connectivity index is 1.58. The number of rotatable bonds is 11. The minimum Gasteiger partial charge on any atom is -0.481 e. The molecule has 0 radical (unpaired) electrons. The standard InChI is InChI=1S/C33H36F3N7O6/c1-3-24-16-27(30-26(6-7-28(40-30)47-2)43(24)32(46)49-10-4-5-29(44)45)42(20-22-13-21(17-37)14-23(15-22)33(34,35)36)31-38-18-25(19-39-31)41-8-11-48-12-9-41/h6-7,13-15,18-19,24,27H,3-5,8-12,16,20H2,1-2H3,(H,44,45). The van der Waals surface area contributed by atoms with Gasteiger partial charge in [0.15, 0.2) is 0 Å². The van der Waals surface area contributed by atoms with Crippen molar-refractivity contribution in [2.45, 2.75) is 57.4 Å². The first-order chi connectivity index (χ1) is 23.5. The third-order valence-electron chi connectivity index (χ3n) is 8.39. The number of carboxylic acids is 1. The van der Waals surface area contributed by atoms with Crippen molar-refractivity contribution >= 4 is 29.4 Å². The Kier molecular flexibility index (Phi) is 11.0. The molecule has 0 saturated carbocycles. The van der Waals surface area contributed by atoms with Crippen LogP contribution in [0.1, 0.15) is 61.0 Å². The first-order valence-electron chi connectivity index (χ1n) is 15.8. The third-order valence-corrected chi connectivity index (χ3v) is 8.39. The number of anilines is 3. The molecular formula is C33H36F3N7O6. The number of aliphatic carboxylic acids is 1. The Morgan fingerprint density at radius 2 is 1.90 bits per heavy atom. The molecule has 49 heavy (non-hydrogen) atoms. The highest BCUT2D eigenvalue weighted by molar-refractivity contribution is 5.90. The predicted octanol–water partition coefficient (Wildman–Crippen LogP) is 5.35. The van der Waals surface area contributed by atoms with Crippen molar-refractivity contribution in [1.82, 2.24) is 15.0 Å². The zero-order valence-corrected chi connectivity index (χ0v) is 27.0. The molecule has 16 heteroatoms. The van der Waals surface area contributed by atoms with Gasteiger partial charge in [-0.3, -0.25) is 9.69 Å². The van der Waals surface area contributed by atoms with Crippen molar-refractivity contribution in [3.8, 4) is 11.9 Å². The normalized spacial score (nSPS) is 17.6. The fourth-order valence-electron chi connectivity index (χ4n) is 5.98. The minimum absolute atomic E-state index is 0.105. The molecule has 13 nitrogen and oxygen atoms in total. The number of aromatic nitrogens is 3. The van der Waals surface area contributed by atoms with Gasteiger partial charge in [-0.05, 0) is 49.1 Å². The summed E-state index contributed by atoms with van der Waals surface area (Å²) in [6, 6.07) is 7.14. The van der Waals surface area contributed by atoms with Crippen molar-refractivity contribution in [3.63, 3.8) is 0 Å². The molecule has 0 bridgehead atoms. The van der Waals surface area contributed by atoms with Gasteiger partial charge in [-0.15, -0.1) is 0 Å². The van der Waals surface area contributed by atoms with Gasteiger partial charge in [0.05, 0.1) is 79.6 Å². The molecule has 2 aromatic heterocycles. The number of hydrogen-bond donors (Lipinski definition) is 1. The molecule has 0 spiro atoms. The molecule has 0 aliphatic carbocycles. The Morgan fingerprint density at radius 1 is 1.16 bits per heavy atom. The van der Waals surface area contributed by atoms with Gasteiger partial charge in [-0.1, -0.05) is 6.92 Å². The van der Waals surface area contributed by atoms with Gasteiger partial charge < -0.3 is 29.1 Å². The van der Waals surface area contributed by atoms with Crippen LogP contribution in [0.5, 0.6) is 5.88 Å². The van der Waals surface area contributed by atoms with E-state index in [0.29, 0.717) is 44.1 Å². The van der Waals surface area contributed by atoms with E-state index in [0.717, 1.165) is 17.8 Å². The average Bonchev–Trinajstić information content (AvgIpc) is 3.11. The molecular weight excluding hydrogens is 647 g/mol. The molecule has 1 amide bonds. The highest BCUT2D eigenvalue weighted by Crippen LogP contribution is 2.43. The number of morpholine rings is 1. The van der Waals surface area contributed by atoms with Crippen LogP contribution in [0.15, 0.2) is 42.7 Å². The van der Waals surface area contributed by atoms with E-state index < -0.39 is 35.9 Å². The van der Waals surface area contributed by atoms with E-state index in [1.54, 1.807) is 29.4 Å². The lowest BCUT2D eigenvalue weighted by atomic mass is 9.92. The fraction of sp³-hybridized carbons (Fsp3) is 0.455. The summed E-state index contributed by atoms with van der Waals surface area (Å²) in [7, 11) is 1.44. The van der Waals surface area contributed by atoms with E-state index >= 15 is 0 Å². The topological polar surface area (TPSA) is 154 Å². The summed E-state index contributed by atoms with van der Waals surface area (Å²) in [6.07, 6.45) is -1.38. The van der Waals surface area contributed by atoms with Gasteiger partial charge >= 0.3 is 18.2 Å². The number of carboxylic acid groups (broad SMARTS) is 1. The van der Waals surface area contributed by atoms with Crippen molar-refractivity contribution < 1.29 is 42.1 Å². The number of nitriles is 1. The first kappa shape index (κ1) is 35.1. The van der Waals surface area contributed by atoms with Crippen LogP contribution in [0.2, 0.25) is 0 Å². The van der Waals surface area contributed by atoms with E-state index in [-0.39, 0.29) is 55.4 Å². The van der Waals surface area contributed by atoms with Crippen LogP contribution in [-0.2, 0) is 27.0 Å². The number of carbonyl (C=O) groups excluding carboxylic acids is 1. The van der Waals surface area contributed by atoms with E-state index in [9.17, 15) is 28.0 Å². The maximum Gasteiger partial charge on any atom is 0.416 e. The summed E-state index contributed by atoms with van der Waals surface area (Å²) in [5, 5.41) is 18.5. The number of pyridine rings is 1. The highest BCUT2D eigenvalue weighted by atomic mass is 19.4. The summed E-state index contributed by atoms with van der Waals surface area (Å²) in [4.78, 5) is 43.7. The van der Waals surface area contributed by atoms with Crippen LogP contribution in [-0.4, -0.2) is 78.2 Å². The monoisotopic (exact) mass is 683 g/mol. The SMILES string of the molecule is CCC1CC(N(Cc2cc(C#N)cc(C(F)(F)F)c2)c2ncc(N3CCOCC3)cn2)c2nc(OC)ccc2N1C(=O)OCCCC(=O)O. The van der Waals surface area contributed by atoms with Crippen molar-refractivity contribution in [2.75, 3.05) is 54.7 Å². The van der Waals surface area contributed by atoms with E-state index in [4.69, 9.17) is 24.3 Å². The highest BCUT2D eigenvalue weighted by Gasteiger charge is 2.41. The summed E-state index contributed by atoms with van der Waals surface area (Å²) in [6.45, 7) is 4.04. The Labute approximate surface area is 280 Å². The second-order valence-corrected chi connectivity index (χ2v) is 11.5. The molecule has 4 heterocycles. The third kappa shape index (κ3) is 8.29. The van der Waals surface area contributed by atoms with Gasteiger partial charge in [0.25, 0.3) is 0 Å². The average molecular weight is 684 g/mol. The maximum atomic E-state index is 13.9.